The van der Waals surface area contributed by atoms with Crippen LogP contribution < -0.4 is 10.1 Å². The minimum Gasteiger partial charge on any atom is -0.491 e. The second-order valence-electron chi connectivity index (χ2n) is 3.72. The van der Waals surface area contributed by atoms with Crippen molar-refractivity contribution in [1.82, 2.24) is 0 Å². The first-order valence-electron chi connectivity index (χ1n) is 4.88. The van der Waals surface area contributed by atoms with E-state index in [1.807, 2.05) is 0 Å². The van der Waals surface area contributed by atoms with Crippen LogP contribution in [0.3, 0.4) is 0 Å². The van der Waals surface area contributed by atoms with Crippen LogP contribution in [0.15, 0.2) is 17.0 Å². The number of rotatable bonds is 2. The number of amides is 1. The Hall–Kier alpha value is -1.76. The Labute approximate surface area is 98.1 Å². The molecule has 1 heterocycles. The minimum absolute atomic E-state index is 0.195. The van der Waals surface area contributed by atoms with Crippen LogP contribution in [-0.4, -0.2) is 32.5 Å². The van der Waals surface area contributed by atoms with Gasteiger partial charge in [0, 0.05) is 18.2 Å². The van der Waals surface area contributed by atoms with E-state index in [0.29, 0.717) is 24.3 Å². The summed E-state index contributed by atoms with van der Waals surface area (Å²) in [4.78, 5) is 10.8. The molecule has 1 aromatic carbocycles. The number of fused-ring (bicyclic) bond motifs is 1. The smallest absolute Gasteiger partial charge is 0.409 e. The molecule has 0 bridgehead atoms. The molecule has 17 heavy (non-hydrogen) atoms. The maximum atomic E-state index is 11.5. The van der Waals surface area contributed by atoms with Crippen LogP contribution in [-0.2, 0) is 16.3 Å². The van der Waals surface area contributed by atoms with Crippen LogP contribution in [0.5, 0.6) is 5.75 Å². The van der Waals surface area contributed by atoms with Gasteiger partial charge in [-0.05, 0) is 12.1 Å². The normalized spacial score (nSPS) is 13.9. The number of anilines is 1. The van der Waals surface area contributed by atoms with Gasteiger partial charge in [0.15, 0.2) is 9.84 Å². The van der Waals surface area contributed by atoms with Crippen LogP contribution in [0.2, 0.25) is 0 Å². The van der Waals surface area contributed by atoms with Gasteiger partial charge >= 0.3 is 6.09 Å². The van der Waals surface area contributed by atoms with Crippen LogP contribution >= 0.6 is 0 Å². The van der Waals surface area contributed by atoms with Crippen LogP contribution in [0, 0.1) is 0 Å². The number of hydrogen-bond donors (Lipinski definition) is 2. The lowest BCUT2D eigenvalue weighted by Gasteiger charge is -2.10. The third kappa shape index (κ3) is 2.19. The predicted octanol–water partition coefficient (Wildman–Crippen LogP) is 1.11. The number of benzene rings is 1. The van der Waals surface area contributed by atoms with Crippen molar-refractivity contribution < 1.29 is 23.1 Å². The van der Waals surface area contributed by atoms with Gasteiger partial charge in [0.05, 0.1) is 17.2 Å². The summed E-state index contributed by atoms with van der Waals surface area (Å²) in [6, 6.07) is 2.79. The van der Waals surface area contributed by atoms with Gasteiger partial charge in [-0.25, -0.2) is 13.2 Å². The van der Waals surface area contributed by atoms with Crippen molar-refractivity contribution in [1.29, 1.82) is 0 Å². The van der Waals surface area contributed by atoms with Gasteiger partial charge in [-0.3, -0.25) is 5.32 Å². The van der Waals surface area contributed by atoms with Gasteiger partial charge in [-0.15, -0.1) is 0 Å². The van der Waals surface area contributed by atoms with E-state index < -0.39 is 15.9 Å². The third-order valence-electron chi connectivity index (χ3n) is 2.46. The molecule has 1 amide bonds. The molecule has 0 fully saturated rings. The van der Waals surface area contributed by atoms with Gasteiger partial charge in [0.25, 0.3) is 0 Å². The molecular weight excluding hydrogens is 246 g/mol. The molecule has 7 heteroatoms. The maximum Gasteiger partial charge on any atom is 0.409 e. The SMILES string of the molecule is CS(=O)(=O)c1ccc(NC(=O)O)c2c1CCO2. The Bertz CT molecular complexity index is 579. The molecular formula is C10H11NO5S. The van der Waals surface area contributed by atoms with Gasteiger partial charge in [-0.2, -0.15) is 0 Å². The van der Waals surface area contributed by atoms with Crippen molar-refractivity contribution in [2.45, 2.75) is 11.3 Å². The predicted molar refractivity (Wildman–Crippen MR) is 60.4 cm³/mol. The summed E-state index contributed by atoms with van der Waals surface area (Å²) in [5, 5.41) is 10.8. The Balaban J connectivity index is 2.57. The highest BCUT2D eigenvalue weighted by atomic mass is 32.2. The summed E-state index contributed by atoms with van der Waals surface area (Å²) in [5.41, 5.74) is 0.816. The second kappa shape index (κ2) is 3.92. The van der Waals surface area contributed by atoms with E-state index in [9.17, 15) is 13.2 Å². The van der Waals surface area contributed by atoms with Gasteiger partial charge in [0.2, 0.25) is 0 Å². The summed E-state index contributed by atoms with van der Waals surface area (Å²) in [6.07, 6.45) is 0.368. The Morgan fingerprint density at radius 2 is 2.18 bits per heavy atom. The fraction of sp³-hybridized carbons (Fsp3) is 0.300. The van der Waals surface area contributed by atoms with Crippen molar-refractivity contribution in [3.8, 4) is 5.75 Å². The molecule has 0 aliphatic carbocycles. The van der Waals surface area contributed by atoms with Crippen LogP contribution in [0.25, 0.3) is 0 Å². The van der Waals surface area contributed by atoms with Crippen molar-refractivity contribution in [2.75, 3.05) is 18.2 Å². The number of nitrogens with one attached hydrogen (secondary N) is 1. The molecule has 92 valence electrons. The van der Waals surface area contributed by atoms with Crippen molar-refractivity contribution in [3.05, 3.63) is 17.7 Å². The number of ether oxygens (including phenoxy) is 1. The zero-order chi connectivity index (χ0) is 12.6. The highest BCUT2D eigenvalue weighted by molar-refractivity contribution is 7.90. The fourth-order valence-electron chi connectivity index (χ4n) is 1.83. The Morgan fingerprint density at radius 1 is 1.47 bits per heavy atom. The maximum absolute atomic E-state index is 11.5. The van der Waals surface area contributed by atoms with E-state index in [-0.39, 0.29) is 10.6 Å². The fourth-order valence-corrected chi connectivity index (χ4v) is 2.79. The molecule has 0 unspecified atom stereocenters. The standard InChI is InChI=1S/C10H11NO5S/c1-17(14,15)8-3-2-7(11-10(12)13)9-6(8)4-5-16-9/h2-3,11H,4-5H2,1H3,(H,12,13). The van der Waals surface area contributed by atoms with E-state index in [0.717, 1.165) is 6.26 Å². The quantitative estimate of drug-likeness (QED) is 0.828. The summed E-state index contributed by atoms with van der Waals surface area (Å²) < 4.78 is 28.3. The van der Waals surface area contributed by atoms with Gasteiger partial charge < -0.3 is 9.84 Å². The van der Waals surface area contributed by atoms with E-state index in [2.05, 4.69) is 5.32 Å². The van der Waals surface area contributed by atoms with E-state index >= 15 is 0 Å². The molecule has 0 aromatic heterocycles. The lowest BCUT2D eigenvalue weighted by atomic mass is 10.1. The third-order valence-corrected chi connectivity index (χ3v) is 3.64. The van der Waals surface area contributed by atoms with Crippen molar-refractivity contribution in [3.63, 3.8) is 0 Å². The topological polar surface area (TPSA) is 92.7 Å². The molecule has 0 radical (unpaired) electrons. The number of hydrogen-bond acceptors (Lipinski definition) is 4. The number of sulfone groups is 1. The highest BCUT2D eigenvalue weighted by Gasteiger charge is 2.25. The first kappa shape index (κ1) is 11.7. The molecule has 1 aromatic rings. The average Bonchev–Trinajstić information content (AvgIpc) is 2.63. The van der Waals surface area contributed by atoms with Crippen LogP contribution in [0.4, 0.5) is 10.5 Å². The molecule has 0 saturated heterocycles. The second-order valence-corrected chi connectivity index (χ2v) is 5.70. The molecule has 0 atom stereocenters. The van der Waals surface area contributed by atoms with E-state index in [1.54, 1.807) is 0 Å². The van der Waals surface area contributed by atoms with E-state index in [1.165, 1.54) is 12.1 Å². The molecule has 1 aliphatic rings. The van der Waals surface area contributed by atoms with Crippen molar-refractivity contribution in [2.24, 2.45) is 0 Å². The summed E-state index contributed by atoms with van der Waals surface area (Å²) in [5.74, 6) is 0.315. The zero-order valence-electron chi connectivity index (χ0n) is 9.06. The molecule has 2 rings (SSSR count). The minimum atomic E-state index is -3.33. The molecule has 0 saturated carbocycles. The number of carbonyl (C=O) groups is 1. The van der Waals surface area contributed by atoms with Gasteiger partial charge in [-0.1, -0.05) is 0 Å². The Kier molecular flexibility index (Phi) is 2.70. The summed E-state index contributed by atoms with van der Waals surface area (Å²) in [7, 11) is -3.33. The van der Waals surface area contributed by atoms with Gasteiger partial charge in [0.1, 0.15) is 5.75 Å². The zero-order valence-corrected chi connectivity index (χ0v) is 9.87. The first-order chi connectivity index (χ1) is 7.89. The van der Waals surface area contributed by atoms with Crippen LogP contribution in [0.1, 0.15) is 5.56 Å². The molecule has 6 nitrogen and oxygen atoms in total. The Morgan fingerprint density at radius 3 is 2.76 bits per heavy atom. The van der Waals surface area contributed by atoms with Crippen molar-refractivity contribution >= 4 is 21.6 Å². The lowest BCUT2D eigenvalue weighted by molar-refractivity contribution is 0.209. The molecule has 0 spiro atoms. The largest absolute Gasteiger partial charge is 0.491 e. The first-order valence-corrected chi connectivity index (χ1v) is 6.77. The summed E-state index contributed by atoms with van der Waals surface area (Å²) in [6.45, 7) is 0.357. The number of carboxylic acid groups (broad SMARTS) is 1. The highest BCUT2D eigenvalue weighted by Crippen LogP contribution is 2.37. The monoisotopic (exact) mass is 257 g/mol. The lowest BCUT2D eigenvalue weighted by Crippen LogP contribution is -2.09. The summed E-state index contributed by atoms with van der Waals surface area (Å²) >= 11 is 0. The molecule has 1 aliphatic heterocycles. The average molecular weight is 257 g/mol. The molecule has 2 N–H and O–H groups in total. The van der Waals surface area contributed by atoms with E-state index in [4.69, 9.17) is 9.84 Å².